The molecule has 1 aromatic rings. The number of nitrogens with one attached hydrogen (secondary N) is 2. The Morgan fingerprint density at radius 3 is 2.67 bits per heavy atom. The van der Waals surface area contributed by atoms with Gasteiger partial charge in [0.15, 0.2) is 11.5 Å². The molecule has 1 saturated carbocycles. The summed E-state index contributed by atoms with van der Waals surface area (Å²) in [5.41, 5.74) is 0. The lowest BCUT2D eigenvalue weighted by Gasteiger charge is -2.29. The molecule has 1 aromatic carbocycles. The van der Waals surface area contributed by atoms with Gasteiger partial charge in [0.05, 0.1) is 6.54 Å². The van der Waals surface area contributed by atoms with E-state index in [-0.39, 0.29) is 18.7 Å². The molecule has 0 bridgehead atoms. The minimum absolute atomic E-state index is 0.0955. The molecular formula is C18H24N2O4. The van der Waals surface area contributed by atoms with Crippen LogP contribution < -0.4 is 20.1 Å². The van der Waals surface area contributed by atoms with Gasteiger partial charge in [-0.1, -0.05) is 31.9 Å². The van der Waals surface area contributed by atoms with E-state index in [2.05, 4.69) is 17.6 Å². The van der Waals surface area contributed by atoms with Gasteiger partial charge < -0.3 is 20.1 Å². The summed E-state index contributed by atoms with van der Waals surface area (Å²) in [6.07, 6.45) is 4.03. The number of fused-ring (bicyclic) bond motifs is 1. The monoisotopic (exact) mass is 332 g/mol. The molecule has 24 heavy (non-hydrogen) atoms. The fourth-order valence-corrected chi connectivity index (χ4v) is 3.22. The van der Waals surface area contributed by atoms with Crippen molar-refractivity contribution in [2.75, 3.05) is 13.2 Å². The smallest absolute Gasteiger partial charge is 0.309 e. The molecule has 2 amide bonds. The van der Waals surface area contributed by atoms with Crippen molar-refractivity contribution in [2.24, 2.45) is 5.92 Å². The Balaban J connectivity index is 1.45. The summed E-state index contributed by atoms with van der Waals surface area (Å²) in [6.45, 7) is 2.70. The van der Waals surface area contributed by atoms with Gasteiger partial charge in [-0.3, -0.25) is 9.59 Å². The van der Waals surface area contributed by atoms with Gasteiger partial charge in [0, 0.05) is 6.04 Å². The third kappa shape index (κ3) is 3.99. The average Bonchev–Trinajstić information content (AvgIpc) is 2.61. The van der Waals surface area contributed by atoms with E-state index in [0.717, 1.165) is 19.3 Å². The fraction of sp³-hybridized carbons (Fsp3) is 0.556. The third-order valence-electron chi connectivity index (χ3n) is 4.69. The number of hydrogen-bond donors (Lipinski definition) is 2. The van der Waals surface area contributed by atoms with Crippen molar-refractivity contribution < 1.29 is 19.1 Å². The number of para-hydroxylation sites is 2. The number of benzene rings is 1. The second-order valence-electron chi connectivity index (χ2n) is 6.55. The number of rotatable bonds is 3. The lowest BCUT2D eigenvalue weighted by atomic mass is 9.86. The molecule has 1 heterocycles. The minimum Gasteiger partial charge on any atom is -0.486 e. The average molecular weight is 332 g/mol. The van der Waals surface area contributed by atoms with Crippen LogP contribution >= 0.6 is 0 Å². The van der Waals surface area contributed by atoms with Crippen molar-refractivity contribution in [3.05, 3.63) is 24.3 Å². The third-order valence-corrected chi connectivity index (χ3v) is 4.69. The number of amides is 2. The largest absolute Gasteiger partial charge is 0.486 e. The van der Waals surface area contributed by atoms with Gasteiger partial charge in [-0.25, -0.2) is 0 Å². The molecule has 2 N–H and O–H groups in total. The van der Waals surface area contributed by atoms with Crippen LogP contribution in [-0.2, 0) is 9.59 Å². The highest BCUT2D eigenvalue weighted by molar-refractivity contribution is 6.35. The number of hydrogen-bond acceptors (Lipinski definition) is 4. The number of carbonyl (C=O) groups excluding carboxylic acids is 2. The molecule has 1 aliphatic heterocycles. The summed E-state index contributed by atoms with van der Waals surface area (Å²) in [5, 5.41) is 5.48. The molecule has 1 fully saturated rings. The van der Waals surface area contributed by atoms with Crippen molar-refractivity contribution in [2.45, 2.75) is 44.8 Å². The van der Waals surface area contributed by atoms with Crippen molar-refractivity contribution in [1.82, 2.24) is 10.6 Å². The highest BCUT2D eigenvalue weighted by Crippen LogP contribution is 2.30. The van der Waals surface area contributed by atoms with E-state index < -0.39 is 11.8 Å². The van der Waals surface area contributed by atoms with Crippen molar-refractivity contribution in [3.8, 4) is 11.5 Å². The van der Waals surface area contributed by atoms with Crippen molar-refractivity contribution >= 4 is 11.8 Å². The molecule has 3 unspecified atom stereocenters. The van der Waals surface area contributed by atoms with Crippen LogP contribution in [0.3, 0.4) is 0 Å². The fourth-order valence-electron chi connectivity index (χ4n) is 3.22. The van der Waals surface area contributed by atoms with Crippen LogP contribution in [-0.4, -0.2) is 37.1 Å². The van der Waals surface area contributed by atoms with Crippen LogP contribution in [0.4, 0.5) is 0 Å². The molecule has 2 aliphatic rings. The van der Waals surface area contributed by atoms with Crippen LogP contribution in [0.25, 0.3) is 0 Å². The van der Waals surface area contributed by atoms with E-state index in [1.54, 1.807) is 0 Å². The molecule has 6 heteroatoms. The molecule has 0 aromatic heterocycles. The topological polar surface area (TPSA) is 76.7 Å². The van der Waals surface area contributed by atoms with Crippen LogP contribution in [0.15, 0.2) is 24.3 Å². The van der Waals surface area contributed by atoms with Gasteiger partial charge in [-0.2, -0.15) is 0 Å². The lowest BCUT2D eigenvalue weighted by Crippen LogP contribution is -2.50. The maximum absolute atomic E-state index is 12.0. The molecule has 0 radical (unpaired) electrons. The SMILES string of the molecule is CC1CCCCC1NC(=O)C(=O)NCC1COc2ccccc2O1. The van der Waals surface area contributed by atoms with E-state index in [9.17, 15) is 9.59 Å². The minimum atomic E-state index is -0.616. The van der Waals surface area contributed by atoms with Crippen molar-refractivity contribution in [3.63, 3.8) is 0 Å². The second-order valence-corrected chi connectivity index (χ2v) is 6.55. The molecule has 1 aliphatic carbocycles. The molecule has 6 nitrogen and oxygen atoms in total. The van der Waals surface area contributed by atoms with E-state index >= 15 is 0 Å². The summed E-state index contributed by atoms with van der Waals surface area (Å²) in [6, 6.07) is 7.49. The normalized spacial score (nSPS) is 25.6. The second kappa shape index (κ2) is 7.55. The maximum Gasteiger partial charge on any atom is 0.309 e. The Bertz CT molecular complexity index is 604. The Kier molecular flexibility index (Phi) is 5.23. The van der Waals surface area contributed by atoms with Gasteiger partial charge in [0.1, 0.15) is 12.7 Å². The van der Waals surface area contributed by atoms with E-state index in [4.69, 9.17) is 9.47 Å². The van der Waals surface area contributed by atoms with E-state index in [0.29, 0.717) is 24.0 Å². The number of carbonyl (C=O) groups is 2. The summed E-state index contributed by atoms with van der Waals surface area (Å²) in [4.78, 5) is 24.0. The molecular weight excluding hydrogens is 308 g/mol. The van der Waals surface area contributed by atoms with Crippen LogP contribution in [0.2, 0.25) is 0 Å². The van der Waals surface area contributed by atoms with Crippen LogP contribution in [0, 0.1) is 5.92 Å². The summed E-state index contributed by atoms with van der Waals surface area (Å²) >= 11 is 0. The molecule has 0 spiro atoms. The van der Waals surface area contributed by atoms with E-state index in [1.165, 1.54) is 6.42 Å². The first-order valence-corrected chi connectivity index (χ1v) is 8.60. The zero-order valence-electron chi connectivity index (χ0n) is 13.9. The van der Waals surface area contributed by atoms with E-state index in [1.807, 2.05) is 24.3 Å². The van der Waals surface area contributed by atoms with Crippen LogP contribution in [0.5, 0.6) is 11.5 Å². The zero-order valence-corrected chi connectivity index (χ0v) is 13.9. The predicted octanol–water partition coefficient (Wildman–Crippen LogP) is 1.64. The first-order valence-electron chi connectivity index (χ1n) is 8.60. The molecule has 0 saturated heterocycles. The number of ether oxygens (including phenoxy) is 2. The molecule has 3 rings (SSSR count). The Labute approximate surface area is 141 Å². The van der Waals surface area contributed by atoms with Crippen molar-refractivity contribution in [1.29, 1.82) is 0 Å². The summed E-state index contributed by atoms with van der Waals surface area (Å²) in [7, 11) is 0. The Hall–Kier alpha value is -2.24. The maximum atomic E-state index is 12.0. The molecule has 3 atom stereocenters. The Morgan fingerprint density at radius 2 is 1.88 bits per heavy atom. The van der Waals surface area contributed by atoms with Gasteiger partial charge in [0.25, 0.3) is 0 Å². The summed E-state index contributed by atoms with van der Waals surface area (Å²) in [5.74, 6) is 0.593. The molecule has 130 valence electrons. The van der Waals surface area contributed by atoms with Gasteiger partial charge >= 0.3 is 11.8 Å². The first-order chi connectivity index (χ1) is 11.6. The predicted molar refractivity (Wildman–Crippen MR) is 88.9 cm³/mol. The summed E-state index contributed by atoms with van der Waals surface area (Å²) < 4.78 is 11.3. The highest BCUT2D eigenvalue weighted by Gasteiger charge is 2.26. The van der Waals surface area contributed by atoms with Gasteiger partial charge in [-0.05, 0) is 30.9 Å². The zero-order chi connectivity index (χ0) is 16.9. The standard InChI is InChI=1S/C18H24N2O4/c1-12-6-2-3-7-14(12)20-18(22)17(21)19-10-13-11-23-15-8-4-5-9-16(15)24-13/h4-5,8-9,12-14H,2-3,6-7,10-11H2,1H3,(H,19,21)(H,20,22). The quantitative estimate of drug-likeness (QED) is 0.825. The van der Waals surface area contributed by atoms with Crippen LogP contribution in [0.1, 0.15) is 32.6 Å². The Morgan fingerprint density at radius 1 is 1.12 bits per heavy atom. The van der Waals surface area contributed by atoms with Gasteiger partial charge in [0.2, 0.25) is 0 Å². The lowest BCUT2D eigenvalue weighted by molar-refractivity contribution is -0.140. The van der Waals surface area contributed by atoms with Gasteiger partial charge in [-0.15, -0.1) is 0 Å². The first kappa shape index (κ1) is 16.6. The highest BCUT2D eigenvalue weighted by atomic mass is 16.6.